The van der Waals surface area contributed by atoms with Crippen LogP contribution in [0.1, 0.15) is 15.9 Å². The molecule has 106 valence electrons. The monoisotopic (exact) mass is 302 g/mol. The second-order valence-electron chi connectivity index (χ2n) is 4.65. The molecule has 0 atom stereocenters. The molecule has 21 heavy (non-hydrogen) atoms. The van der Waals surface area contributed by atoms with Crippen molar-refractivity contribution in [3.63, 3.8) is 0 Å². The van der Waals surface area contributed by atoms with Crippen molar-refractivity contribution in [1.29, 1.82) is 0 Å². The van der Waals surface area contributed by atoms with E-state index in [1.165, 1.54) is 4.52 Å². The summed E-state index contributed by atoms with van der Waals surface area (Å²) in [6, 6.07) is 6.98. The number of carboxylic acids is 1. The first-order valence-electron chi connectivity index (χ1n) is 6.11. The van der Waals surface area contributed by atoms with Crippen molar-refractivity contribution in [2.45, 2.75) is 6.92 Å². The van der Waals surface area contributed by atoms with E-state index in [-0.39, 0.29) is 17.2 Å². The summed E-state index contributed by atoms with van der Waals surface area (Å²) in [6.07, 6.45) is 1.68. The van der Waals surface area contributed by atoms with Crippen molar-refractivity contribution in [3.05, 3.63) is 46.6 Å². The van der Waals surface area contributed by atoms with E-state index in [2.05, 4.69) is 10.1 Å². The molecule has 0 aliphatic carbocycles. The Hall–Kier alpha value is -2.60. The lowest BCUT2D eigenvalue weighted by Gasteiger charge is -2.08. The van der Waals surface area contributed by atoms with Crippen LogP contribution in [0.4, 0.5) is 5.95 Å². The fraction of sp³-hybridized carbons (Fsp3) is 0.0714. The molecule has 0 bridgehead atoms. The molecule has 6 nitrogen and oxygen atoms in total. The van der Waals surface area contributed by atoms with Crippen molar-refractivity contribution < 1.29 is 9.90 Å². The Morgan fingerprint density at radius 2 is 2.14 bits per heavy atom. The Labute approximate surface area is 124 Å². The van der Waals surface area contributed by atoms with E-state index in [1.807, 2.05) is 13.0 Å². The average molecular weight is 303 g/mol. The molecule has 0 amide bonds. The molecule has 2 aromatic heterocycles. The minimum absolute atomic E-state index is 0.0254. The summed E-state index contributed by atoms with van der Waals surface area (Å²) in [5.41, 5.74) is 8.29. The largest absolute Gasteiger partial charge is 0.478 e. The summed E-state index contributed by atoms with van der Waals surface area (Å²) < 4.78 is 1.37. The van der Waals surface area contributed by atoms with Crippen molar-refractivity contribution >= 4 is 29.2 Å². The highest BCUT2D eigenvalue weighted by Crippen LogP contribution is 2.28. The molecule has 0 fully saturated rings. The molecule has 0 unspecified atom stereocenters. The van der Waals surface area contributed by atoms with Gasteiger partial charge in [0.05, 0.1) is 0 Å². The molecular formula is C14H11ClN4O2. The van der Waals surface area contributed by atoms with Gasteiger partial charge in [-0.3, -0.25) is 0 Å². The number of hydrogen-bond donors (Lipinski definition) is 2. The first-order valence-corrected chi connectivity index (χ1v) is 6.49. The van der Waals surface area contributed by atoms with E-state index in [0.717, 1.165) is 11.1 Å². The number of hydrogen-bond acceptors (Lipinski definition) is 4. The topological polar surface area (TPSA) is 93.5 Å². The Balaban J connectivity index is 2.33. The Morgan fingerprint density at radius 3 is 2.86 bits per heavy atom. The van der Waals surface area contributed by atoms with Gasteiger partial charge in [-0.05, 0) is 36.2 Å². The second kappa shape index (κ2) is 4.75. The molecule has 0 saturated heterocycles. The first-order chi connectivity index (χ1) is 9.95. The van der Waals surface area contributed by atoms with Gasteiger partial charge < -0.3 is 10.8 Å². The minimum Gasteiger partial charge on any atom is -0.478 e. The molecule has 3 rings (SSSR count). The van der Waals surface area contributed by atoms with Gasteiger partial charge in [0.1, 0.15) is 5.56 Å². The molecule has 0 aliphatic rings. The van der Waals surface area contributed by atoms with Crippen LogP contribution < -0.4 is 5.73 Å². The quantitative estimate of drug-likeness (QED) is 0.759. The zero-order chi connectivity index (χ0) is 15.1. The second-order valence-corrected chi connectivity index (χ2v) is 5.08. The normalized spacial score (nSPS) is 11.0. The molecule has 2 heterocycles. The first kappa shape index (κ1) is 13.4. The number of anilines is 1. The van der Waals surface area contributed by atoms with Crippen LogP contribution in [0.5, 0.6) is 0 Å². The summed E-state index contributed by atoms with van der Waals surface area (Å²) in [5.74, 6) is -1.06. The number of fused-ring (bicyclic) bond motifs is 1. The predicted molar refractivity (Wildman–Crippen MR) is 79.5 cm³/mol. The maximum atomic E-state index is 11.4. The number of nitrogens with zero attached hydrogens (tertiary/aromatic N) is 3. The van der Waals surface area contributed by atoms with E-state index in [9.17, 15) is 9.90 Å². The van der Waals surface area contributed by atoms with Crippen LogP contribution in [-0.4, -0.2) is 25.7 Å². The van der Waals surface area contributed by atoms with Crippen LogP contribution in [0.15, 0.2) is 30.5 Å². The highest BCUT2D eigenvalue weighted by molar-refractivity contribution is 6.30. The smallest absolute Gasteiger partial charge is 0.339 e. The molecule has 0 spiro atoms. The van der Waals surface area contributed by atoms with Crippen LogP contribution in [0.25, 0.3) is 16.8 Å². The molecular weight excluding hydrogens is 292 g/mol. The van der Waals surface area contributed by atoms with Crippen LogP contribution in [0.3, 0.4) is 0 Å². The van der Waals surface area contributed by atoms with Gasteiger partial charge in [-0.15, -0.1) is 5.10 Å². The van der Waals surface area contributed by atoms with Gasteiger partial charge in [0, 0.05) is 16.8 Å². The van der Waals surface area contributed by atoms with Crippen molar-refractivity contribution in [2.24, 2.45) is 0 Å². The molecule has 0 aliphatic heterocycles. The molecule has 0 saturated carbocycles. The van der Waals surface area contributed by atoms with Crippen LogP contribution in [-0.2, 0) is 0 Å². The van der Waals surface area contributed by atoms with Crippen molar-refractivity contribution in [3.8, 4) is 11.1 Å². The third-order valence-electron chi connectivity index (χ3n) is 3.19. The maximum Gasteiger partial charge on any atom is 0.339 e. The van der Waals surface area contributed by atoms with Gasteiger partial charge in [-0.1, -0.05) is 17.7 Å². The van der Waals surface area contributed by atoms with E-state index in [0.29, 0.717) is 10.6 Å². The summed E-state index contributed by atoms with van der Waals surface area (Å²) in [5, 5.41) is 13.9. The number of aromatic nitrogens is 3. The van der Waals surface area contributed by atoms with Gasteiger partial charge in [-0.2, -0.15) is 4.98 Å². The zero-order valence-electron chi connectivity index (χ0n) is 11.0. The number of rotatable bonds is 2. The number of aromatic carboxylic acids is 1. The fourth-order valence-corrected chi connectivity index (χ4v) is 2.38. The van der Waals surface area contributed by atoms with E-state index >= 15 is 0 Å². The van der Waals surface area contributed by atoms with Crippen LogP contribution in [0, 0.1) is 6.92 Å². The van der Waals surface area contributed by atoms with Gasteiger partial charge in [-0.25, -0.2) is 9.31 Å². The van der Waals surface area contributed by atoms with Crippen LogP contribution >= 0.6 is 11.6 Å². The highest BCUT2D eigenvalue weighted by Gasteiger charge is 2.16. The molecule has 3 N–H and O–H groups in total. The third-order valence-corrected chi connectivity index (χ3v) is 3.43. The highest BCUT2D eigenvalue weighted by atomic mass is 35.5. The summed E-state index contributed by atoms with van der Waals surface area (Å²) >= 11 is 6.02. The number of aryl methyl sites for hydroxylation is 1. The molecule has 3 aromatic rings. The van der Waals surface area contributed by atoms with Gasteiger partial charge in [0.15, 0.2) is 5.65 Å². The number of carboxylic acid groups (broad SMARTS) is 1. The third kappa shape index (κ3) is 2.30. The van der Waals surface area contributed by atoms with Crippen LogP contribution in [0.2, 0.25) is 5.02 Å². The van der Waals surface area contributed by atoms with Crippen molar-refractivity contribution in [2.75, 3.05) is 5.73 Å². The molecule has 0 radical (unpaired) electrons. The van der Waals surface area contributed by atoms with Gasteiger partial charge in [0.2, 0.25) is 5.95 Å². The lowest BCUT2D eigenvalue weighted by Crippen LogP contribution is -2.02. The van der Waals surface area contributed by atoms with E-state index in [4.69, 9.17) is 17.3 Å². The standard InChI is InChI=1S/C14H11ClN4O2/c1-7-2-3-9(15)5-10(7)8-4-11(13(20)21)12-17-14(16)18-19(12)6-8/h2-6H,1H3,(H2,16,18)(H,20,21). The number of pyridine rings is 1. The number of halogens is 1. The fourth-order valence-electron chi connectivity index (χ4n) is 2.21. The van der Waals surface area contributed by atoms with E-state index in [1.54, 1.807) is 24.4 Å². The average Bonchev–Trinajstić information content (AvgIpc) is 2.80. The number of nitrogen functional groups attached to an aromatic ring is 1. The number of nitrogens with two attached hydrogens (primary N) is 1. The molecule has 7 heteroatoms. The van der Waals surface area contributed by atoms with E-state index < -0.39 is 5.97 Å². The zero-order valence-corrected chi connectivity index (χ0v) is 11.8. The lowest BCUT2D eigenvalue weighted by molar-refractivity contribution is 0.0698. The van der Waals surface area contributed by atoms with Crippen molar-refractivity contribution in [1.82, 2.24) is 14.6 Å². The lowest BCUT2D eigenvalue weighted by atomic mass is 10.0. The minimum atomic E-state index is -1.09. The SMILES string of the molecule is Cc1ccc(Cl)cc1-c1cc(C(=O)O)c2nc(N)nn2c1. The Kier molecular flexibility index (Phi) is 3.03. The van der Waals surface area contributed by atoms with Gasteiger partial charge >= 0.3 is 5.97 Å². The summed E-state index contributed by atoms with van der Waals surface area (Å²) in [7, 11) is 0. The molecule has 1 aromatic carbocycles. The Bertz CT molecular complexity index is 873. The number of benzene rings is 1. The number of carbonyl (C=O) groups is 1. The summed E-state index contributed by atoms with van der Waals surface area (Å²) in [6.45, 7) is 1.92. The maximum absolute atomic E-state index is 11.4. The van der Waals surface area contributed by atoms with Gasteiger partial charge in [0.25, 0.3) is 0 Å². The Morgan fingerprint density at radius 1 is 1.38 bits per heavy atom. The predicted octanol–water partition coefficient (Wildman–Crippen LogP) is 2.64. The summed E-state index contributed by atoms with van der Waals surface area (Å²) in [4.78, 5) is 15.3.